The zero-order chi connectivity index (χ0) is 16.8. The van der Waals surface area contributed by atoms with Crippen LogP contribution in [0, 0.1) is 0 Å². The van der Waals surface area contributed by atoms with Gasteiger partial charge in [-0.05, 0) is 30.4 Å². The minimum absolute atomic E-state index is 0.0401. The lowest BCUT2D eigenvalue weighted by atomic mass is 10.1. The summed E-state index contributed by atoms with van der Waals surface area (Å²) in [4.78, 5) is 23.8. The normalized spacial score (nSPS) is 11.8. The Morgan fingerprint density at radius 2 is 2.00 bits per heavy atom. The lowest BCUT2D eigenvalue weighted by molar-refractivity contribution is -0.129. The number of benzene rings is 1. The smallest absolute Gasteiger partial charge is 0.360 e. The Morgan fingerprint density at radius 1 is 1.30 bits per heavy atom. The second-order valence-electron chi connectivity index (χ2n) is 4.69. The maximum Gasteiger partial charge on any atom is 0.360 e. The van der Waals surface area contributed by atoms with Crippen LogP contribution in [0.5, 0.6) is 0 Å². The predicted molar refractivity (Wildman–Crippen MR) is 90.2 cm³/mol. The number of carbonyl (C=O) groups excluding carboxylic acids is 2. The number of nitrogens with one attached hydrogen (secondary N) is 1. The molecule has 2 aromatic rings. The molecule has 0 radical (unpaired) electrons. The van der Waals surface area contributed by atoms with Crippen LogP contribution in [0.2, 0.25) is 9.36 Å². The first-order valence-electron chi connectivity index (χ1n) is 6.82. The van der Waals surface area contributed by atoms with Crippen LogP contribution < -0.4 is 5.32 Å². The van der Waals surface area contributed by atoms with Crippen LogP contribution in [0.15, 0.2) is 30.3 Å². The predicted octanol–water partition coefficient (Wildman–Crippen LogP) is 3.35. The Balaban J connectivity index is 1.80. The van der Waals surface area contributed by atoms with Gasteiger partial charge in [0.2, 0.25) is 0 Å². The Morgan fingerprint density at radius 3 is 2.61 bits per heavy atom. The SMILES string of the molecule is C[C@@H](OC(=O)c1nsc(Cl)c1Cl)C(=O)NCCc1ccccc1. The standard InChI is InChI=1S/C15H14Cl2N2O3S/c1-9(22-15(21)12-11(16)13(17)23-19-12)14(20)18-8-7-10-5-3-2-4-6-10/h2-6,9H,7-8H2,1H3,(H,18,20)/t9-/m1/s1. The fourth-order valence-corrected chi connectivity index (χ4v) is 2.75. The summed E-state index contributed by atoms with van der Waals surface area (Å²) in [7, 11) is 0. The third kappa shape index (κ3) is 4.92. The van der Waals surface area contributed by atoms with E-state index in [9.17, 15) is 9.59 Å². The van der Waals surface area contributed by atoms with E-state index in [4.69, 9.17) is 27.9 Å². The van der Waals surface area contributed by atoms with Crippen LogP contribution in [0.1, 0.15) is 23.0 Å². The maximum atomic E-state index is 11.9. The lowest BCUT2D eigenvalue weighted by Crippen LogP contribution is -2.37. The molecule has 0 spiro atoms. The highest BCUT2D eigenvalue weighted by Crippen LogP contribution is 2.29. The number of halogens is 2. The van der Waals surface area contributed by atoms with E-state index in [-0.39, 0.29) is 21.0 Å². The molecule has 0 unspecified atom stereocenters. The van der Waals surface area contributed by atoms with E-state index in [0.29, 0.717) is 13.0 Å². The second kappa shape index (κ2) is 8.29. The Hall–Kier alpha value is -1.63. The number of rotatable bonds is 6. The lowest BCUT2D eigenvalue weighted by Gasteiger charge is -2.13. The monoisotopic (exact) mass is 372 g/mol. The summed E-state index contributed by atoms with van der Waals surface area (Å²) in [6, 6.07) is 9.75. The molecule has 1 atom stereocenters. The molecule has 5 nitrogen and oxygen atoms in total. The highest BCUT2D eigenvalue weighted by molar-refractivity contribution is 7.11. The van der Waals surface area contributed by atoms with E-state index in [1.54, 1.807) is 0 Å². The summed E-state index contributed by atoms with van der Waals surface area (Å²) in [5.41, 5.74) is 1.03. The van der Waals surface area contributed by atoms with Gasteiger partial charge in [0.25, 0.3) is 5.91 Å². The molecule has 1 aromatic heterocycles. The molecule has 0 bridgehead atoms. The molecular weight excluding hydrogens is 359 g/mol. The maximum absolute atomic E-state index is 11.9. The number of nitrogens with zero attached hydrogens (tertiary/aromatic N) is 1. The van der Waals surface area contributed by atoms with E-state index < -0.39 is 12.1 Å². The first-order valence-corrected chi connectivity index (χ1v) is 8.35. The minimum Gasteiger partial charge on any atom is -0.448 e. The van der Waals surface area contributed by atoms with E-state index in [1.807, 2.05) is 30.3 Å². The van der Waals surface area contributed by atoms with Crippen molar-refractivity contribution in [1.29, 1.82) is 0 Å². The summed E-state index contributed by atoms with van der Waals surface area (Å²) in [6.07, 6.45) is -0.254. The van der Waals surface area contributed by atoms with Crippen molar-refractivity contribution >= 4 is 46.6 Å². The third-order valence-corrected chi connectivity index (χ3v) is 4.61. The fraction of sp³-hybridized carbons (Fsp3) is 0.267. The number of hydrogen-bond acceptors (Lipinski definition) is 5. The number of esters is 1. The molecule has 1 aromatic carbocycles. The molecule has 1 heterocycles. The quantitative estimate of drug-likeness (QED) is 0.789. The molecule has 0 aliphatic carbocycles. The largest absolute Gasteiger partial charge is 0.448 e. The molecule has 1 N–H and O–H groups in total. The third-order valence-electron chi connectivity index (χ3n) is 3.00. The topological polar surface area (TPSA) is 68.3 Å². The van der Waals surface area contributed by atoms with Crippen LogP contribution >= 0.6 is 34.7 Å². The van der Waals surface area contributed by atoms with Crippen LogP contribution in [0.4, 0.5) is 0 Å². The molecule has 0 fully saturated rings. The van der Waals surface area contributed by atoms with Crippen molar-refractivity contribution in [2.75, 3.05) is 6.54 Å². The molecule has 23 heavy (non-hydrogen) atoms. The first kappa shape index (κ1) is 17.7. The van der Waals surface area contributed by atoms with Crippen molar-refractivity contribution in [3.8, 4) is 0 Å². The summed E-state index contributed by atoms with van der Waals surface area (Å²) in [6.45, 7) is 1.94. The highest BCUT2D eigenvalue weighted by Gasteiger charge is 2.23. The van der Waals surface area contributed by atoms with Crippen molar-refractivity contribution in [3.63, 3.8) is 0 Å². The van der Waals surface area contributed by atoms with Gasteiger partial charge in [0.05, 0.1) is 0 Å². The number of amides is 1. The molecule has 0 saturated heterocycles. The van der Waals surface area contributed by atoms with Gasteiger partial charge in [-0.15, -0.1) is 0 Å². The zero-order valence-electron chi connectivity index (χ0n) is 12.2. The Labute approximate surface area is 147 Å². The van der Waals surface area contributed by atoms with E-state index in [1.165, 1.54) is 6.92 Å². The summed E-state index contributed by atoms with van der Waals surface area (Å²) in [5.74, 6) is -1.16. The average molecular weight is 373 g/mol. The van der Waals surface area contributed by atoms with Gasteiger partial charge in [-0.2, -0.15) is 4.37 Å². The Bertz CT molecular complexity index is 691. The number of aromatic nitrogens is 1. The number of hydrogen-bond donors (Lipinski definition) is 1. The molecule has 0 aliphatic rings. The van der Waals surface area contributed by atoms with Crippen LogP contribution in [0.25, 0.3) is 0 Å². The second-order valence-corrected chi connectivity index (χ2v) is 6.45. The molecule has 8 heteroatoms. The number of ether oxygens (including phenoxy) is 1. The molecule has 1 amide bonds. The van der Waals surface area contributed by atoms with Crippen LogP contribution in [-0.2, 0) is 16.0 Å². The zero-order valence-corrected chi connectivity index (χ0v) is 14.5. The molecular formula is C15H14Cl2N2O3S. The van der Waals surface area contributed by atoms with Gasteiger partial charge in [0, 0.05) is 6.54 Å². The van der Waals surface area contributed by atoms with Gasteiger partial charge in [-0.1, -0.05) is 53.5 Å². The van der Waals surface area contributed by atoms with Gasteiger partial charge in [0.15, 0.2) is 11.8 Å². The fourth-order valence-electron chi connectivity index (χ4n) is 1.77. The van der Waals surface area contributed by atoms with E-state index in [2.05, 4.69) is 9.69 Å². The van der Waals surface area contributed by atoms with Gasteiger partial charge < -0.3 is 10.1 Å². The minimum atomic E-state index is -0.949. The summed E-state index contributed by atoms with van der Waals surface area (Å²) < 4.78 is 9.05. The van der Waals surface area contributed by atoms with E-state index in [0.717, 1.165) is 17.1 Å². The molecule has 122 valence electrons. The van der Waals surface area contributed by atoms with Gasteiger partial charge in [0.1, 0.15) is 9.36 Å². The van der Waals surface area contributed by atoms with Crippen LogP contribution in [0.3, 0.4) is 0 Å². The summed E-state index contributed by atoms with van der Waals surface area (Å²) in [5, 5.41) is 2.75. The van der Waals surface area contributed by atoms with Crippen LogP contribution in [-0.4, -0.2) is 28.9 Å². The first-order chi connectivity index (χ1) is 11.0. The molecule has 2 rings (SSSR count). The van der Waals surface area contributed by atoms with E-state index >= 15 is 0 Å². The van der Waals surface area contributed by atoms with Gasteiger partial charge in [-0.25, -0.2) is 4.79 Å². The van der Waals surface area contributed by atoms with Gasteiger partial charge in [-0.3, -0.25) is 4.79 Å². The van der Waals surface area contributed by atoms with Crippen molar-refractivity contribution in [2.45, 2.75) is 19.4 Å². The van der Waals surface area contributed by atoms with Crippen molar-refractivity contribution < 1.29 is 14.3 Å². The Kier molecular flexibility index (Phi) is 6.38. The van der Waals surface area contributed by atoms with Gasteiger partial charge >= 0.3 is 5.97 Å². The highest BCUT2D eigenvalue weighted by atomic mass is 35.5. The van der Waals surface area contributed by atoms with Crippen molar-refractivity contribution in [2.24, 2.45) is 0 Å². The molecule has 0 aliphatic heterocycles. The van der Waals surface area contributed by atoms with Crippen molar-refractivity contribution in [1.82, 2.24) is 9.69 Å². The number of carbonyl (C=O) groups is 2. The molecule has 0 saturated carbocycles. The average Bonchev–Trinajstić information content (AvgIpc) is 2.88. The van der Waals surface area contributed by atoms with Crippen molar-refractivity contribution in [3.05, 3.63) is 50.9 Å². The summed E-state index contributed by atoms with van der Waals surface area (Å²) >= 11 is 12.5.